The number of hydrogen-bond donors (Lipinski definition) is 2. The van der Waals surface area contributed by atoms with Gasteiger partial charge < -0.3 is 16.0 Å². The van der Waals surface area contributed by atoms with E-state index in [9.17, 15) is 4.79 Å². The van der Waals surface area contributed by atoms with Crippen molar-refractivity contribution < 1.29 is 4.79 Å². The van der Waals surface area contributed by atoms with Gasteiger partial charge in [-0.3, -0.25) is 4.79 Å². The van der Waals surface area contributed by atoms with Crippen molar-refractivity contribution in [3.05, 3.63) is 46.8 Å². The summed E-state index contributed by atoms with van der Waals surface area (Å²) in [5, 5.41) is 4.19. The molecule has 19 heavy (non-hydrogen) atoms. The molecule has 0 atom stereocenters. The van der Waals surface area contributed by atoms with Gasteiger partial charge in [-0.25, -0.2) is 0 Å². The van der Waals surface area contributed by atoms with E-state index in [4.69, 9.17) is 5.73 Å². The van der Waals surface area contributed by atoms with Gasteiger partial charge >= 0.3 is 0 Å². The molecule has 1 heterocycles. The van der Waals surface area contributed by atoms with Crippen LogP contribution in [0.25, 0.3) is 0 Å². The number of amides is 1. The fraction of sp³-hybridized carbons (Fsp3) is 0.214. The lowest BCUT2D eigenvalue weighted by Gasteiger charge is -2.08. The van der Waals surface area contributed by atoms with Gasteiger partial charge in [-0.05, 0) is 11.6 Å². The Kier molecular flexibility index (Phi) is 4.06. The van der Waals surface area contributed by atoms with Gasteiger partial charge in [0.15, 0.2) is 0 Å². The predicted octanol–water partition coefficient (Wildman–Crippen LogP) is 2.64. The molecule has 0 aliphatic carbocycles. The Morgan fingerprint density at radius 3 is 2.63 bits per heavy atom. The molecule has 0 aliphatic heterocycles. The molecule has 0 saturated carbocycles. The molecule has 1 amide bonds. The quantitative estimate of drug-likeness (QED) is 0.902. The molecular formula is C14H17N3OS. The van der Waals surface area contributed by atoms with Crippen LogP contribution in [-0.4, -0.2) is 24.9 Å². The first-order valence-electron chi connectivity index (χ1n) is 5.96. The molecule has 100 valence electrons. The van der Waals surface area contributed by atoms with Crippen molar-refractivity contribution in [2.45, 2.75) is 6.54 Å². The van der Waals surface area contributed by atoms with E-state index in [0.29, 0.717) is 10.6 Å². The highest BCUT2D eigenvalue weighted by atomic mass is 32.1. The Hall–Kier alpha value is -2.01. The molecular weight excluding hydrogens is 258 g/mol. The van der Waals surface area contributed by atoms with Gasteiger partial charge in [-0.2, -0.15) is 0 Å². The van der Waals surface area contributed by atoms with Gasteiger partial charge in [-0.1, -0.05) is 30.3 Å². The van der Waals surface area contributed by atoms with Crippen molar-refractivity contribution in [2.24, 2.45) is 0 Å². The van der Waals surface area contributed by atoms with Crippen LogP contribution in [0.2, 0.25) is 0 Å². The topological polar surface area (TPSA) is 58.4 Å². The van der Waals surface area contributed by atoms with Crippen molar-refractivity contribution in [3.63, 3.8) is 0 Å². The third-order valence-corrected chi connectivity index (χ3v) is 3.77. The van der Waals surface area contributed by atoms with Gasteiger partial charge in [0.05, 0.1) is 10.7 Å². The molecule has 1 aromatic carbocycles. The zero-order valence-corrected chi connectivity index (χ0v) is 11.8. The summed E-state index contributed by atoms with van der Waals surface area (Å²) in [4.78, 5) is 14.0. The highest BCUT2D eigenvalue weighted by Crippen LogP contribution is 2.30. The van der Waals surface area contributed by atoms with Crippen LogP contribution >= 0.6 is 11.3 Å². The highest BCUT2D eigenvalue weighted by Gasteiger charge is 2.15. The van der Waals surface area contributed by atoms with E-state index >= 15 is 0 Å². The summed E-state index contributed by atoms with van der Waals surface area (Å²) in [6.07, 6.45) is 0. The number of carbonyl (C=O) groups is 1. The average Bonchev–Trinajstić information content (AvgIpc) is 2.78. The fourth-order valence-electron chi connectivity index (χ4n) is 1.65. The van der Waals surface area contributed by atoms with Crippen LogP contribution in [0, 0.1) is 0 Å². The zero-order valence-electron chi connectivity index (χ0n) is 11.0. The molecule has 2 rings (SSSR count). The first-order chi connectivity index (χ1) is 9.08. The van der Waals surface area contributed by atoms with Gasteiger partial charge in [0, 0.05) is 20.6 Å². The van der Waals surface area contributed by atoms with E-state index in [-0.39, 0.29) is 5.91 Å². The SMILES string of the molecule is CN(C)C(=O)c1sc(NCc2ccccc2)cc1N. The van der Waals surface area contributed by atoms with E-state index < -0.39 is 0 Å². The van der Waals surface area contributed by atoms with Crippen LogP contribution in [0.4, 0.5) is 10.7 Å². The number of nitrogens with two attached hydrogens (primary N) is 1. The second-order valence-corrected chi connectivity index (χ2v) is 5.49. The minimum absolute atomic E-state index is 0.0599. The number of nitrogen functional groups attached to an aromatic ring is 1. The number of benzene rings is 1. The number of anilines is 2. The van der Waals surface area contributed by atoms with Gasteiger partial charge in [0.25, 0.3) is 5.91 Å². The molecule has 0 fully saturated rings. The zero-order chi connectivity index (χ0) is 13.8. The molecule has 5 heteroatoms. The minimum Gasteiger partial charge on any atom is -0.397 e. The van der Waals surface area contributed by atoms with Crippen LogP contribution in [0.1, 0.15) is 15.2 Å². The third kappa shape index (κ3) is 3.26. The fourth-order valence-corrected chi connectivity index (χ4v) is 2.64. The lowest BCUT2D eigenvalue weighted by molar-refractivity contribution is 0.0833. The normalized spacial score (nSPS) is 10.2. The second kappa shape index (κ2) is 5.75. The molecule has 1 aromatic heterocycles. The van der Waals surface area contributed by atoms with Gasteiger partial charge in [0.2, 0.25) is 0 Å². The van der Waals surface area contributed by atoms with Crippen molar-refractivity contribution in [2.75, 3.05) is 25.1 Å². The van der Waals surface area contributed by atoms with Crippen LogP contribution < -0.4 is 11.1 Å². The Morgan fingerprint density at radius 2 is 2.00 bits per heavy atom. The van der Waals surface area contributed by atoms with Crippen LogP contribution in [0.5, 0.6) is 0 Å². The maximum Gasteiger partial charge on any atom is 0.265 e. The highest BCUT2D eigenvalue weighted by molar-refractivity contribution is 7.18. The maximum atomic E-state index is 11.9. The predicted molar refractivity (Wildman–Crippen MR) is 80.5 cm³/mol. The van der Waals surface area contributed by atoms with Crippen molar-refractivity contribution in [3.8, 4) is 0 Å². The van der Waals surface area contributed by atoms with Gasteiger partial charge in [-0.15, -0.1) is 11.3 Å². The Morgan fingerprint density at radius 1 is 1.32 bits per heavy atom. The molecule has 0 bridgehead atoms. The number of thiophene rings is 1. The largest absolute Gasteiger partial charge is 0.397 e. The summed E-state index contributed by atoms with van der Waals surface area (Å²) in [6, 6.07) is 11.9. The molecule has 4 nitrogen and oxygen atoms in total. The maximum absolute atomic E-state index is 11.9. The minimum atomic E-state index is -0.0599. The summed E-state index contributed by atoms with van der Waals surface area (Å²) in [5.41, 5.74) is 7.59. The smallest absolute Gasteiger partial charge is 0.265 e. The first kappa shape index (κ1) is 13.4. The summed E-state index contributed by atoms with van der Waals surface area (Å²) >= 11 is 1.39. The molecule has 0 saturated heterocycles. The van der Waals surface area contributed by atoms with E-state index in [0.717, 1.165) is 11.5 Å². The Bertz CT molecular complexity index is 563. The number of carbonyl (C=O) groups excluding carboxylic acids is 1. The molecule has 0 radical (unpaired) electrons. The van der Waals surface area contributed by atoms with Crippen LogP contribution in [-0.2, 0) is 6.54 Å². The summed E-state index contributed by atoms with van der Waals surface area (Å²) < 4.78 is 0. The summed E-state index contributed by atoms with van der Waals surface area (Å²) in [5.74, 6) is -0.0599. The third-order valence-electron chi connectivity index (χ3n) is 2.67. The first-order valence-corrected chi connectivity index (χ1v) is 6.78. The van der Waals surface area contributed by atoms with E-state index in [1.54, 1.807) is 14.1 Å². The van der Waals surface area contributed by atoms with Crippen LogP contribution in [0.15, 0.2) is 36.4 Å². The van der Waals surface area contributed by atoms with Crippen molar-refractivity contribution >= 4 is 27.9 Å². The van der Waals surface area contributed by atoms with Crippen molar-refractivity contribution in [1.82, 2.24) is 4.90 Å². The molecule has 0 aliphatic rings. The van der Waals surface area contributed by atoms with Crippen LogP contribution in [0.3, 0.4) is 0 Å². The van der Waals surface area contributed by atoms with Crippen molar-refractivity contribution in [1.29, 1.82) is 0 Å². The lowest BCUT2D eigenvalue weighted by atomic mass is 10.2. The monoisotopic (exact) mass is 275 g/mol. The Balaban J connectivity index is 2.06. The number of hydrogen-bond acceptors (Lipinski definition) is 4. The second-order valence-electron chi connectivity index (χ2n) is 4.43. The molecule has 0 unspecified atom stereocenters. The number of nitrogens with zero attached hydrogens (tertiary/aromatic N) is 1. The summed E-state index contributed by atoms with van der Waals surface area (Å²) in [7, 11) is 3.44. The molecule has 3 N–H and O–H groups in total. The lowest BCUT2D eigenvalue weighted by Crippen LogP contribution is -2.21. The van der Waals surface area contributed by atoms with E-state index in [2.05, 4.69) is 17.4 Å². The van der Waals surface area contributed by atoms with E-state index in [1.807, 2.05) is 24.3 Å². The molecule has 2 aromatic rings. The van der Waals surface area contributed by atoms with E-state index in [1.165, 1.54) is 21.8 Å². The number of nitrogens with one attached hydrogen (secondary N) is 1. The molecule has 0 spiro atoms. The number of rotatable bonds is 4. The van der Waals surface area contributed by atoms with Gasteiger partial charge in [0.1, 0.15) is 4.88 Å². The Labute approximate surface area is 116 Å². The summed E-state index contributed by atoms with van der Waals surface area (Å²) in [6.45, 7) is 0.719. The standard InChI is InChI=1S/C14H17N3OS/c1-17(2)14(18)13-11(15)8-12(19-13)16-9-10-6-4-3-5-7-10/h3-8,16H,9,15H2,1-2H3. The average molecular weight is 275 g/mol.